The molecule has 2 rings (SSSR count). The highest BCUT2D eigenvalue weighted by Crippen LogP contribution is 2.49. The predicted molar refractivity (Wildman–Crippen MR) is 50.8 cm³/mol. The summed E-state index contributed by atoms with van der Waals surface area (Å²) < 4.78 is 4.63. The van der Waals surface area contributed by atoms with Crippen molar-refractivity contribution in [1.29, 1.82) is 0 Å². The van der Waals surface area contributed by atoms with Gasteiger partial charge in [0.15, 0.2) is 0 Å². The quantitative estimate of drug-likeness (QED) is 0.501. The van der Waals surface area contributed by atoms with E-state index in [-0.39, 0.29) is 18.4 Å². The first-order valence-electron chi connectivity index (χ1n) is 5.12. The molecule has 0 unspecified atom stereocenters. The Kier molecular flexibility index (Phi) is 2.42. The fourth-order valence-corrected chi connectivity index (χ4v) is 1.98. The third-order valence-electron chi connectivity index (χ3n) is 3.24. The van der Waals surface area contributed by atoms with Gasteiger partial charge < -0.3 is 14.7 Å². The van der Waals surface area contributed by atoms with Gasteiger partial charge in [-0.1, -0.05) is 0 Å². The van der Waals surface area contributed by atoms with E-state index in [4.69, 9.17) is 5.11 Å². The van der Waals surface area contributed by atoms with Gasteiger partial charge in [0, 0.05) is 25.6 Å². The van der Waals surface area contributed by atoms with Crippen LogP contribution in [0.2, 0.25) is 0 Å². The summed E-state index contributed by atoms with van der Waals surface area (Å²) in [6.07, 6.45) is 1.19. The second-order valence-corrected chi connectivity index (χ2v) is 4.33. The third-order valence-corrected chi connectivity index (χ3v) is 3.24. The smallest absolute Gasteiger partial charge is 0.321 e. The van der Waals surface area contributed by atoms with E-state index in [0.29, 0.717) is 25.9 Å². The van der Waals surface area contributed by atoms with Crippen molar-refractivity contribution in [2.24, 2.45) is 11.3 Å². The van der Waals surface area contributed by atoms with Crippen LogP contribution in [0.25, 0.3) is 0 Å². The molecule has 1 aliphatic carbocycles. The fraction of sp³-hybridized carbons (Fsp3) is 0.800. The largest absolute Gasteiger partial charge is 0.468 e. The van der Waals surface area contributed by atoms with E-state index in [1.807, 2.05) is 0 Å². The van der Waals surface area contributed by atoms with Gasteiger partial charge in [0.05, 0.1) is 7.11 Å². The van der Waals surface area contributed by atoms with Crippen LogP contribution in [-0.4, -0.2) is 48.7 Å². The maximum Gasteiger partial charge on any atom is 0.321 e. The van der Waals surface area contributed by atoms with Gasteiger partial charge in [0.1, 0.15) is 5.41 Å². The minimum atomic E-state index is -0.880. The lowest BCUT2D eigenvalue weighted by molar-refractivity contribution is -0.159. The molecule has 2 fully saturated rings. The molecule has 5 heteroatoms. The molecule has 0 aromatic carbocycles. The van der Waals surface area contributed by atoms with Crippen LogP contribution < -0.4 is 0 Å². The van der Waals surface area contributed by atoms with Gasteiger partial charge in [-0.15, -0.1) is 0 Å². The van der Waals surface area contributed by atoms with E-state index in [9.17, 15) is 9.59 Å². The Labute approximate surface area is 88.0 Å². The molecule has 1 amide bonds. The number of esters is 1. The molecule has 2 aliphatic rings. The predicted octanol–water partition coefficient (Wildman–Crippen LogP) is -0.610. The van der Waals surface area contributed by atoms with E-state index >= 15 is 0 Å². The average Bonchev–Trinajstić information content (AvgIpc) is 2.95. The van der Waals surface area contributed by atoms with Crippen molar-refractivity contribution in [3.63, 3.8) is 0 Å². The first kappa shape index (κ1) is 10.4. The van der Waals surface area contributed by atoms with Gasteiger partial charge in [-0.05, 0) is 12.8 Å². The average molecular weight is 213 g/mol. The Morgan fingerprint density at radius 3 is 2.47 bits per heavy atom. The van der Waals surface area contributed by atoms with Crippen LogP contribution in [0, 0.1) is 11.3 Å². The lowest BCUT2D eigenvalue weighted by atomic mass is 9.96. The second kappa shape index (κ2) is 3.48. The molecule has 5 nitrogen and oxygen atoms in total. The monoisotopic (exact) mass is 213 g/mol. The zero-order chi connectivity index (χ0) is 11.1. The summed E-state index contributed by atoms with van der Waals surface area (Å²) in [5.41, 5.74) is -0.880. The second-order valence-electron chi connectivity index (χ2n) is 4.33. The minimum absolute atomic E-state index is 0.106. The topological polar surface area (TPSA) is 66.8 Å². The van der Waals surface area contributed by atoms with Crippen LogP contribution in [0.5, 0.6) is 0 Å². The number of likely N-dealkylation sites (tertiary alicyclic amines) is 1. The van der Waals surface area contributed by atoms with Crippen molar-refractivity contribution in [2.45, 2.75) is 12.8 Å². The number of rotatable bonds is 3. The first-order chi connectivity index (χ1) is 7.14. The highest BCUT2D eigenvalue weighted by Gasteiger charge is 2.60. The molecule has 0 atom stereocenters. The number of aliphatic hydroxyl groups is 1. The molecule has 1 N–H and O–H groups in total. The van der Waals surface area contributed by atoms with Crippen molar-refractivity contribution >= 4 is 11.9 Å². The Morgan fingerprint density at radius 1 is 1.47 bits per heavy atom. The van der Waals surface area contributed by atoms with Gasteiger partial charge in [-0.2, -0.15) is 0 Å². The Hall–Kier alpha value is -1.10. The van der Waals surface area contributed by atoms with Crippen molar-refractivity contribution < 1.29 is 19.4 Å². The molecule has 0 spiro atoms. The highest BCUT2D eigenvalue weighted by atomic mass is 16.5. The van der Waals surface area contributed by atoms with Crippen LogP contribution >= 0.6 is 0 Å². The minimum Gasteiger partial charge on any atom is -0.468 e. The van der Waals surface area contributed by atoms with Gasteiger partial charge in [-0.25, -0.2) is 0 Å². The molecule has 15 heavy (non-hydrogen) atoms. The summed E-state index contributed by atoms with van der Waals surface area (Å²) in [6, 6.07) is 0. The van der Waals surface area contributed by atoms with E-state index < -0.39 is 11.4 Å². The van der Waals surface area contributed by atoms with Crippen molar-refractivity contribution in [3.8, 4) is 0 Å². The summed E-state index contributed by atoms with van der Waals surface area (Å²) >= 11 is 0. The summed E-state index contributed by atoms with van der Waals surface area (Å²) in [6.45, 7) is 1.23. The van der Waals surface area contributed by atoms with Crippen LogP contribution in [-0.2, 0) is 14.3 Å². The molecule has 0 radical (unpaired) electrons. The van der Waals surface area contributed by atoms with Gasteiger partial charge >= 0.3 is 5.97 Å². The number of nitrogens with zero attached hydrogens (tertiary/aromatic N) is 1. The van der Waals surface area contributed by atoms with Crippen molar-refractivity contribution in [1.82, 2.24) is 4.90 Å². The zero-order valence-corrected chi connectivity index (χ0v) is 8.73. The normalized spacial score (nSPS) is 23.2. The maximum absolute atomic E-state index is 11.9. The molecule has 0 aromatic rings. The van der Waals surface area contributed by atoms with Crippen molar-refractivity contribution in [2.75, 3.05) is 26.8 Å². The lowest BCUT2D eigenvalue weighted by Crippen LogP contribution is -2.55. The fourth-order valence-electron chi connectivity index (χ4n) is 1.98. The maximum atomic E-state index is 11.9. The first-order valence-corrected chi connectivity index (χ1v) is 5.12. The third kappa shape index (κ3) is 1.51. The van der Waals surface area contributed by atoms with Gasteiger partial charge in [-0.3, -0.25) is 9.59 Å². The van der Waals surface area contributed by atoms with E-state index in [0.717, 1.165) is 0 Å². The molecule has 1 aliphatic heterocycles. The molecule has 0 aromatic heterocycles. The zero-order valence-electron chi connectivity index (χ0n) is 8.73. The number of hydrogen-bond acceptors (Lipinski definition) is 4. The van der Waals surface area contributed by atoms with E-state index in [1.54, 1.807) is 4.90 Å². The number of carbonyl (C=O) groups is 2. The van der Waals surface area contributed by atoms with Crippen LogP contribution in [0.15, 0.2) is 0 Å². The van der Waals surface area contributed by atoms with Crippen LogP contribution in [0.1, 0.15) is 12.8 Å². The summed E-state index contributed by atoms with van der Waals surface area (Å²) in [4.78, 5) is 25.0. The SMILES string of the molecule is COC(=O)C1(C(=O)N2CC(CO)C2)CC1. The standard InChI is InChI=1S/C10H15NO4/c1-15-9(14)10(2-3-10)8(13)11-4-7(5-11)6-12/h7,12H,2-6H2,1H3. The molecular formula is C10H15NO4. The molecule has 1 saturated carbocycles. The number of amides is 1. The van der Waals surface area contributed by atoms with E-state index in [2.05, 4.69) is 4.74 Å². The molecule has 0 bridgehead atoms. The van der Waals surface area contributed by atoms with Gasteiger partial charge in [0.2, 0.25) is 5.91 Å². The van der Waals surface area contributed by atoms with Crippen molar-refractivity contribution in [3.05, 3.63) is 0 Å². The number of ether oxygens (including phenoxy) is 1. The number of carbonyl (C=O) groups excluding carboxylic acids is 2. The Bertz CT molecular complexity index is 292. The molecule has 84 valence electrons. The molecular weight excluding hydrogens is 198 g/mol. The number of hydrogen-bond donors (Lipinski definition) is 1. The summed E-state index contributed by atoms with van der Waals surface area (Å²) in [5.74, 6) is -0.360. The number of methoxy groups -OCH3 is 1. The molecule has 1 heterocycles. The van der Waals surface area contributed by atoms with E-state index in [1.165, 1.54) is 7.11 Å². The number of aliphatic hydroxyl groups excluding tert-OH is 1. The summed E-state index contributed by atoms with van der Waals surface area (Å²) in [5, 5.41) is 8.83. The van der Waals surface area contributed by atoms with Crippen LogP contribution in [0.3, 0.4) is 0 Å². The van der Waals surface area contributed by atoms with Gasteiger partial charge in [0.25, 0.3) is 0 Å². The Morgan fingerprint density at radius 2 is 2.07 bits per heavy atom. The van der Waals surface area contributed by atoms with Crippen LogP contribution in [0.4, 0.5) is 0 Å². The summed E-state index contributed by atoms with van der Waals surface area (Å²) in [7, 11) is 1.31. The lowest BCUT2D eigenvalue weighted by Gasteiger charge is -2.39. The highest BCUT2D eigenvalue weighted by molar-refractivity contribution is 6.05. The Balaban J connectivity index is 1.95. The molecule has 1 saturated heterocycles.